The highest BCUT2D eigenvalue weighted by molar-refractivity contribution is 9.10. The highest BCUT2D eigenvalue weighted by atomic mass is 79.9. The zero-order chi connectivity index (χ0) is 32.2. The molecular formula is C36H40BrN3O4S. The van der Waals surface area contributed by atoms with Gasteiger partial charge >= 0.3 is 0 Å². The van der Waals surface area contributed by atoms with Crippen molar-refractivity contribution in [2.24, 2.45) is 0 Å². The van der Waals surface area contributed by atoms with Crippen LogP contribution in [0, 0.1) is 0 Å². The summed E-state index contributed by atoms with van der Waals surface area (Å²) in [5.74, 6) is -0.751. The molecule has 0 unspecified atom stereocenters. The molecule has 0 heterocycles. The van der Waals surface area contributed by atoms with E-state index >= 15 is 0 Å². The minimum Gasteiger partial charge on any atom is -0.354 e. The van der Waals surface area contributed by atoms with Crippen molar-refractivity contribution in [3.05, 3.63) is 130 Å². The lowest BCUT2D eigenvalue weighted by molar-refractivity contribution is -0.140. The standard InChI is InChI=1S/C36H40BrN3O4S/c1-3-5-24-38-36(42)34(25-28-14-8-6-9-15-28)39(26-29-20-22-31(37)23-21-29)35(41)27-40(33-19-13-12-16-30(33)4-2)45(43,44)32-17-10-7-11-18-32/h6-23,34H,3-5,24-27H2,1-2H3,(H,38,42)/t34-/m0/s1. The lowest BCUT2D eigenvalue weighted by Gasteiger charge is -2.34. The maximum atomic E-state index is 14.6. The number of anilines is 1. The van der Waals surface area contributed by atoms with Crippen molar-refractivity contribution in [3.63, 3.8) is 0 Å². The number of hydrogen-bond acceptors (Lipinski definition) is 4. The first-order chi connectivity index (χ1) is 21.7. The Morgan fingerprint density at radius 1 is 0.800 bits per heavy atom. The molecule has 7 nitrogen and oxygen atoms in total. The Hall–Kier alpha value is -3.95. The second kappa shape index (κ2) is 16.4. The molecule has 4 rings (SSSR count). The molecule has 0 saturated heterocycles. The van der Waals surface area contributed by atoms with E-state index in [4.69, 9.17) is 0 Å². The smallest absolute Gasteiger partial charge is 0.264 e. The van der Waals surface area contributed by atoms with Gasteiger partial charge in [-0.15, -0.1) is 0 Å². The normalized spacial score (nSPS) is 11.9. The van der Waals surface area contributed by atoms with Gasteiger partial charge in [0.25, 0.3) is 10.0 Å². The number of unbranched alkanes of at least 4 members (excludes halogenated alkanes) is 1. The predicted molar refractivity (Wildman–Crippen MR) is 183 cm³/mol. The number of para-hydroxylation sites is 1. The predicted octanol–water partition coefficient (Wildman–Crippen LogP) is 6.76. The molecule has 1 atom stereocenters. The Bertz CT molecular complexity index is 1650. The van der Waals surface area contributed by atoms with Crippen LogP contribution in [0.15, 0.2) is 119 Å². The monoisotopic (exact) mass is 689 g/mol. The van der Waals surface area contributed by atoms with Crippen molar-refractivity contribution >= 4 is 43.5 Å². The molecule has 0 saturated carbocycles. The molecule has 236 valence electrons. The first-order valence-corrected chi connectivity index (χ1v) is 17.5. The molecule has 0 bridgehead atoms. The first-order valence-electron chi connectivity index (χ1n) is 15.3. The number of nitrogens with one attached hydrogen (secondary N) is 1. The Balaban J connectivity index is 1.80. The SMILES string of the molecule is CCCCNC(=O)[C@H](Cc1ccccc1)N(Cc1ccc(Br)cc1)C(=O)CN(c1ccccc1CC)S(=O)(=O)c1ccccc1. The van der Waals surface area contributed by atoms with E-state index in [1.807, 2.05) is 80.6 Å². The van der Waals surface area contributed by atoms with Gasteiger partial charge in [-0.25, -0.2) is 8.42 Å². The van der Waals surface area contributed by atoms with Crippen molar-refractivity contribution in [2.75, 3.05) is 17.4 Å². The number of aryl methyl sites for hydroxylation is 1. The fourth-order valence-electron chi connectivity index (χ4n) is 5.13. The molecule has 1 N–H and O–H groups in total. The van der Waals surface area contributed by atoms with Gasteiger partial charge in [0.1, 0.15) is 12.6 Å². The van der Waals surface area contributed by atoms with Gasteiger partial charge in [-0.1, -0.05) is 115 Å². The molecule has 0 fully saturated rings. The van der Waals surface area contributed by atoms with Crippen LogP contribution in [0.5, 0.6) is 0 Å². The molecule has 0 radical (unpaired) electrons. The van der Waals surface area contributed by atoms with Crippen LogP contribution in [0.1, 0.15) is 43.4 Å². The van der Waals surface area contributed by atoms with Gasteiger partial charge < -0.3 is 10.2 Å². The Labute approximate surface area is 275 Å². The number of hydrogen-bond donors (Lipinski definition) is 1. The van der Waals surface area contributed by atoms with Gasteiger partial charge in [0.2, 0.25) is 11.8 Å². The highest BCUT2D eigenvalue weighted by Gasteiger charge is 2.35. The number of halogens is 1. The third-order valence-electron chi connectivity index (χ3n) is 7.62. The molecule has 0 spiro atoms. The molecule has 0 aliphatic rings. The summed E-state index contributed by atoms with van der Waals surface area (Å²) in [5.41, 5.74) is 2.94. The van der Waals surface area contributed by atoms with Crippen LogP contribution in [0.3, 0.4) is 0 Å². The van der Waals surface area contributed by atoms with Gasteiger partial charge in [-0.2, -0.15) is 0 Å². The van der Waals surface area contributed by atoms with E-state index in [-0.39, 0.29) is 23.8 Å². The van der Waals surface area contributed by atoms with Crippen LogP contribution in [0.25, 0.3) is 0 Å². The van der Waals surface area contributed by atoms with Crippen LogP contribution in [-0.4, -0.2) is 44.3 Å². The summed E-state index contributed by atoms with van der Waals surface area (Å²) in [5, 5.41) is 3.02. The second-order valence-corrected chi connectivity index (χ2v) is 13.6. The number of carbonyl (C=O) groups excluding carboxylic acids is 2. The summed E-state index contributed by atoms with van der Waals surface area (Å²) >= 11 is 3.47. The average molecular weight is 691 g/mol. The summed E-state index contributed by atoms with van der Waals surface area (Å²) in [6, 6.07) is 31.6. The molecule has 0 aliphatic carbocycles. The van der Waals surface area contributed by atoms with Crippen LogP contribution >= 0.6 is 15.9 Å². The Morgan fingerprint density at radius 2 is 1.42 bits per heavy atom. The minimum absolute atomic E-state index is 0.0845. The summed E-state index contributed by atoms with van der Waals surface area (Å²) in [4.78, 5) is 30.0. The van der Waals surface area contributed by atoms with E-state index < -0.39 is 28.5 Å². The van der Waals surface area contributed by atoms with Crippen molar-refractivity contribution in [1.29, 1.82) is 0 Å². The third-order valence-corrected chi connectivity index (χ3v) is 9.92. The van der Waals surface area contributed by atoms with E-state index in [0.29, 0.717) is 18.7 Å². The van der Waals surface area contributed by atoms with E-state index in [0.717, 1.165) is 34.0 Å². The van der Waals surface area contributed by atoms with Crippen molar-refractivity contribution in [3.8, 4) is 0 Å². The number of sulfonamides is 1. The largest absolute Gasteiger partial charge is 0.354 e. The average Bonchev–Trinajstić information content (AvgIpc) is 3.06. The maximum absolute atomic E-state index is 14.6. The van der Waals surface area contributed by atoms with E-state index in [9.17, 15) is 18.0 Å². The zero-order valence-corrected chi connectivity index (χ0v) is 28.1. The summed E-state index contributed by atoms with van der Waals surface area (Å²) < 4.78 is 30.5. The van der Waals surface area contributed by atoms with Gasteiger partial charge in [-0.05, 0) is 59.9 Å². The van der Waals surface area contributed by atoms with E-state index in [1.165, 1.54) is 21.3 Å². The fourth-order valence-corrected chi connectivity index (χ4v) is 6.87. The second-order valence-electron chi connectivity index (χ2n) is 10.8. The topological polar surface area (TPSA) is 86.8 Å². The van der Waals surface area contributed by atoms with E-state index in [1.54, 1.807) is 30.3 Å². The molecule has 0 aliphatic heterocycles. The summed E-state index contributed by atoms with van der Waals surface area (Å²) in [6.07, 6.45) is 2.57. The minimum atomic E-state index is -4.14. The number of carbonyl (C=O) groups is 2. The number of benzene rings is 4. The molecule has 4 aromatic rings. The number of amides is 2. The number of rotatable bonds is 15. The molecule has 2 amide bonds. The maximum Gasteiger partial charge on any atom is 0.264 e. The van der Waals surface area contributed by atoms with Crippen molar-refractivity contribution in [2.45, 2.75) is 57.0 Å². The zero-order valence-electron chi connectivity index (χ0n) is 25.7. The van der Waals surface area contributed by atoms with Crippen LogP contribution in [0.4, 0.5) is 5.69 Å². The van der Waals surface area contributed by atoms with Gasteiger partial charge in [0, 0.05) is 24.0 Å². The lowest BCUT2D eigenvalue weighted by Crippen LogP contribution is -2.53. The first kappa shape index (κ1) is 33.9. The Morgan fingerprint density at radius 3 is 2.07 bits per heavy atom. The number of nitrogens with zero attached hydrogens (tertiary/aromatic N) is 2. The third kappa shape index (κ3) is 9.05. The van der Waals surface area contributed by atoms with Gasteiger partial charge in [0.15, 0.2) is 0 Å². The highest BCUT2D eigenvalue weighted by Crippen LogP contribution is 2.28. The van der Waals surface area contributed by atoms with Gasteiger partial charge in [0.05, 0.1) is 10.6 Å². The molecular weight excluding hydrogens is 650 g/mol. The van der Waals surface area contributed by atoms with Crippen molar-refractivity contribution < 1.29 is 18.0 Å². The van der Waals surface area contributed by atoms with Crippen molar-refractivity contribution in [1.82, 2.24) is 10.2 Å². The molecule has 45 heavy (non-hydrogen) atoms. The molecule has 9 heteroatoms. The van der Waals surface area contributed by atoms with Crippen LogP contribution in [-0.2, 0) is 39.0 Å². The summed E-state index contributed by atoms with van der Waals surface area (Å²) in [7, 11) is -4.14. The molecule has 4 aromatic carbocycles. The summed E-state index contributed by atoms with van der Waals surface area (Å²) in [6.45, 7) is 4.13. The molecule has 0 aromatic heterocycles. The van der Waals surface area contributed by atoms with Crippen LogP contribution in [0.2, 0.25) is 0 Å². The Kier molecular flexibility index (Phi) is 12.4. The lowest BCUT2D eigenvalue weighted by atomic mass is 10.0. The quantitative estimate of drug-likeness (QED) is 0.140. The fraction of sp³-hybridized carbons (Fsp3) is 0.278. The van der Waals surface area contributed by atoms with Crippen LogP contribution < -0.4 is 9.62 Å². The van der Waals surface area contributed by atoms with Gasteiger partial charge in [-0.3, -0.25) is 13.9 Å². The van der Waals surface area contributed by atoms with E-state index in [2.05, 4.69) is 21.2 Å².